The van der Waals surface area contributed by atoms with Crippen LogP contribution in [0.2, 0.25) is 0 Å². The molecule has 8 heteroatoms. The second-order valence-electron chi connectivity index (χ2n) is 13.4. The molecular formula is C33H41F2N3O3. The molecule has 2 aromatic carbocycles. The number of rotatable bonds is 8. The van der Waals surface area contributed by atoms with Crippen LogP contribution in [-0.2, 0) is 15.0 Å². The quantitative estimate of drug-likeness (QED) is 0.391. The van der Waals surface area contributed by atoms with E-state index in [0.717, 1.165) is 55.2 Å². The lowest BCUT2D eigenvalue weighted by Crippen LogP contribution is -2.49. The van der Waals surface area contributed by atoms with Gasteiger partial charge in [0.25, 0.3) is 5.91 Å². The van der Waals surface area contributed by atoms with E-state index in [1.807, 2.05) is 24.3 Å². The molecule has 2 aromatic rings. The molecule has 4 fully saturated rings. The van der Waals surface area contributed by atoms with Crippen LogP contribution in [0.4, 0.5) is 8.78 Å². The second kappa shape index (κ2) is 10.4. The number of nitrogens with one attached hydrogen (secondary N) is 2. The van der Waals surface area contributed by atoms with Gasteiger partial charge in [0.2, 0.25) is 11.6 Å². The van der Waals surface area contributed by atoms with Gasteiger partial charge in [0.05, 0.1) is 5.41 Å². The summed E-state index contributed by atoms with van der Waals surface area (Å²) in [4.78, 5) is 25.3. The van der Waals surface area contributed by atoms with E-state index in [4.69, 9.17) is 10.5 Å². The fourth-order valence-electron chi connectivity index (χ4n) is 7.04. The van der Waals surface area contributed by atoms with Crippen LogP contribution in [0.1, 0.15) is 95.1 Å². The topological polar surface area (TPSA) is 93.5 Å². The summed E-state index contributed by atoms with van der Waals surface area (Å²) >= 11 is 0. The molecule has 3 aliphatic carbocycles. The molecule has 0 unspecified atom stereocenters. The van der Waals surface area contributed by atoms with Gasteiger partial charge in [-0.2, -0.15) is 0 Å². The van der Waals surface area contributed by atoms with Crippen LogP contribution in [0.3, 0.4) is 0 Å². The molecule has 220 valence electrons. The van der Waals surface area contributed by atoms with Gasteiger partial charge in [0.15, 0.2) is 0 Å². The molecule has 3 atom stereocenters. The number of carbonyl (C=O) groups is 2. The zero-order valence-electron chi connectivity index (χ0n) is 24.0. The molecule has 0 radical (unpaired) electrons. The zero-order chi connectivity index (χ0) is 29.0. The van der Waals surface area contributed by atoms with Crippen molar-refractivity contribution in [3.63, 3.8) is 0 Å². The molecule has 4 aliphatic rings. The first kappa shape index (κ1) is 28.1. The first-order valence-electron chi connectivity index (χ1n) is 15.1. The Labute approximate surface area is 240 Å². The molecule has 2 amide bonds. The predicted molar refractivity (Wildman–Crippen MR) is 154 cm³/mol. The SMILES string of the molecule is CC(C)(C(N)=O)c1ccc(O[C@@H]2CC[C@@H](NC(=O)[C@@]3(F)CNC4(CCC4)C3)C2)c(-c2cccc(F)c2C2CCC2)c1. The lowest BCUT2D eigenvalue weighted by Gasteiger charge is -2.38. The van der Waals surface area contributed by atoms with Crippen molar-refractivity contribution in [2.45, 2.75) is 113 Å². The maximum absolute atomic E-state index is 15.6. The minimum atomic E-state index is -1.87. The van der Waals surface area contributed by atoms with Gasteiger partial charge in [-0.1, -0.05) is 24.6 Å². The molecule has 0 bridgehead atoms. The Hall–Kier alpha value is -3.00. The molecule has 3 saturated carbocycles. The molecule has 4 N–H and O–H groups in total. The van der Waals surface area contributed by atoms with Gasteiger partial charge in [-0.05, 0) is 99.6 Å². The minimum absolute atomic E-state index is 0.0693. The third-order valence-corrected chi connectivity index (χ3v) is 10.3. The highest BCUT2D eigenvalue weighted by molar-refractivity contribution is 5.87. The Kier molecular flexibility index (Phi) is 7.12. The van der Waals surface area contributed by atoms with Gasteiger partial charge >= 0.3 is 0 Å². The Bertz CT molecular complexity index is 1350. The first-order valence-corrected chi connectivity index (χ1v) is 15.1. The maximum Gasteiger partial charge on any atom is 0.259 e. The number of carbonyl (C=O) groups excluding carboxylic acids is 2. The number of nitrogens with two attached hydrogens (primary N) is 1. The van der Waals surface area contributed by atoms with E-state index in [1.54, 1.807) is 19.9 Å². The van der Waals surface area contributed by atoms with Crippen LogP contribution in [0, 0.1) is 5.82 Å². The highest BCUT2D eigenvalue weighted by Gasteiger charge is 2.55. The van der Waals surface area contributed by atoms with Crippen LogP contribution in [0.25, 0.3) is 11.1 Å². The number of primary amides is 1. The summed E-state index contributed by atoms with van der Waals surface area (Å²) in [5.74, 6) is -0.452. The monoisotopic (exact) mass is 565 g/mol. The number of amides is 2. The molecule has 1 heterocycles. The van der Waals surface area contributed by atoms with E-state index in [2.05, 4.69) is 10.6 Å². The summed E-state index contributed by atoms with van der Waals surface area (Å²) in [6.07, 6.45) is 7.90. The zero-order valence-corrected chi connectivity index (χ0v) is 24.0. The Morgan fingerprint density at radius 1 is 1.07 bits per heavy atom. The lowest BCUT2D eigenvalue weighted by molar-refractivity contribution is -0.133. The van der Waals surface area contributed by atoms with E-state index in [9.17, 15) is 9.59 Å². The van der Waals surface area contributed by atoms with Crippen LogP contribution in [-0.4, -0.2) is 41.7 Å². The average Bonchev–Trinajstić information content (AvgIpc) is 3.49. The van der Waals surface area contributed by atoms with Crippen molar-refractivity contribution in [2.75, 3.05) is 6.54 Å². The van der Waals surface area contributed by atoms with Gasteiger partial charge in [-0.3, -0.25) is 9.59 Å². The first-order chi connectivity index (χ1) is 19.5. The van der Waals surface area contributed by atoms with Crippen molar-refractivity contribution in [3.05, 3.63) is 53.3 Å². The number of alkyl halides is 1. The highest BCUT2D eigenvalue weighted by Crippen LogP contribution is 2.46. The molecular weight excluding hydrogens is 524 g/mol. The summed E-state index contributed by atoms with van der Waals surface area (Å²) < 4.78 is 37.3. The summed E-state index contributed by atoms with van der Waals surface area (Å²) in [7, 11) is 0. The van der Waals surface area contributed by atoms with E-state index >= 15 is 8.78 Å². The highest BCUT2D eigenvalue weighted by atomic mass is 19.1. The molecule has 6 rings (SSSR count). The minimum Gasteiger partial charge on any atom is -0.490 e. The van der Waals surface area contributed by atoms with E-state index in [-0.39, 0.29) is 42.4 Å². The van der Waals surface area contributed by atoms with Crippen molar-refractivity contribution in [1.82, 2.24) is 10.6 Å². The van der Waals surface area contributed by atoms with E-state index in [1.165, 1.54) is 6.07 Å². The van der Waals surface area contributed by atoms with Crippen LogP contribution < -0.4 is 21.1 Å². The summed E-state index contributed by atoms with van der Waals surface area (Å²) in [5, 5.41) is 6.22. The lowest BCUT2D eigenvalue weighted by atomic mass is 9.74. The molecule has 6 nitrogen and oxygen atoms in total. The van der Waals surface area contributed by atoms with Crippen LogP contribution >= 0.6 is 0 Å². The van der Waals surface area contributed by atoms with Gasteiger partial charge in [-0.15, -0.1) is 0 Å². The van der Waals surface area contributed by atoms with Crippen molar-refractivity contribution < 1.29 is 23.1 Å². The largest absolute Gasteiger partial charge is 0.490 e. The van der Waals surface area contributed by atoms with E-state index in [0.29, 0.717) is 30.6 Å². The Morgan fingerprint density at radius 3 is 2.49 bits per heavy atom. The normalized spacial score (nSPS) is 27.3. The van der Waals surface area contributed by atoms with Gasteiger partial charge < -0.3 is 21.1 Å². The molecule has 1 saturated heterocycles. The van der Waals surface area contributed by atoms with Gasteiger partial charge in [0, 0.05) is 36.5 Å². The summed E-state index contributed by atoms with van der Waals surface area (Å²) in [6.45, 7) is 3.63. The number of halogens is 2. The standard InChI is InChI=1S/C33H41F2N3O3/c1-31(2,29(36)39)21-10-13-27(25(16-21)24-8-4-9-26(34)28(24)20-6-3-7-20)41-23-12-11-22(17-23)38-30(40)33(35)18-32(37-19-33)14-5-15-32/h4,8-10,13,16,20,22-23,37H,3,5-7,11-12,14-15,17-19H2,1-2H3,(H2,36,39)(H,38,40)/t22-,23-,33+/m1/s1. The van der Waals surface area contributed by atoms with Crippen LogP contribution in [0.15, 0.2) is 36.4 Å². The summed E-state index contributed by atoms with van der Waals surface area (Å²) in [5.41, 5.74) is 5.67. The van der Waals surface area contributed by atoms with Gasteiger partial charge in [-0.25, -0.2) is 8.78 Å². The number of hydrogen-bond donors (Lipinski definition) is 3. The number of benzene rings is 2. The molecule has 41 heavy (non-hydrogen) atoms. The van der Waals surface area contributed by atoms with Crippen molar-refractivity contribution in [3.8, 4) is 16.9 Å². The molecule has 1 aliphatic heterocycles. The fourth-order valence-corrected chi connectivity index (χ4v) is 7.04. The second-order valence-corrected chi connectivity index (χ2v) is 13.4. The molecule has 1 spiro atoms. The Balaban J connectivity index is 1.23. The number of ether oxygens (including phenoxy) is 1. The maximum atomic E-state index is 15.6. The third-order valence-electron chi connectivity index (χ3n) is 10.3. The fraction of sp³-hybridized carbons (Fsp3) is 0.576. The van der Waals surface area contributed by atoms with Crippen molar-refractivity contribution in [2.24, 2.45) is 5.73 Å². The average molecular weight is 566 g/mol. The smallest absolute Gasteiger partial charge is 0.259 e. The van der Waals surface area contributed by atoms with E-state index < -0.39 is 22.9 Å². The Morgan fingerprint density at radius 2 is 1.85 bits per heavy atom. The van der Waals surface area contributed by atoms with Crippen molar-refractivity contribution in [1.29, 1.82) is 0 Å². The van der Waals surface area contributed by atoms with Crippen LogP contribution in [0.5, 0.6) is 5.75 Å². The molecule has 0 aromatic heterocycles. The van der Waals surface area contributed by atoms with Gasteiger partial charge in [0.1, 0.15) is 17.7 Å². The third kappa shape index (κ3) is 5.13. The van der Waals surface area contributed by atoms with Crippen molar-refractivity contribution >= 4 is 11.8 Å². The number of hydrogen-bond acceptors (Lipinski definition) is 4. The summed E-state index contributed by atoms with van der Waals surface area (Å²) in [6, 6.07) is 10.6. The predicted octanol–water partition coefficient (Wildman–Crippen LogP) is 5.56.